The Hall–Kier alpha value is -2.12. The summed E-state index contributed by atoms with van der Waals surface area (Å²) in [5.41, 5.74) is 8.50. The molecule has 0 aliphatic heterocycles. The quantitative estimate of drug-likeness (QED) is 0.576. The monoisotopic (exact) mass is 299 g/mol. The second kappa shape index (κ2) is 4.46. The van der Waals surface area contributed by atoms with Gasteiger partial charge in [0.2, 0.25) is 0 Å². The maximum Gasteiger partial charge on any atom is 0.157 e. The number of aromatic nitrogens is 4. The summed E-state index contributed by atoms with van der Waals surface area (Å²) in [7, 11) is 0. The van der Waals surface area contributed by atoms with Crippen LogP contribution in [0.2, 0.25) is 0 Å². The van der Waals surface area contributed by atoms with Crippen LogP contribution < -0.4 is 5.73 Å². The minimum absolute atomic E-state index is 0.758. The van der Waals surface area contributed by atoms with E-state index in [2.05, 4.69) is 15.1 Å². The molecule has 20 heavy (non-hydrogen) atoms. The molecule has 0 spiro atoms. The standard InChI is InChI=1S/C13H9N5S2/c14-8-1-2-9-11(7-8)19-13(17-9)20-12-10-3-4-16-18(10)6-5-15-12/h1-7H,14H2. The van der Waals surface area contributed by atoms with Gasteiger partial charge in [-0.3, -0.25) is 0 Å². The number of hydrogen-bond donors (Lipinski definition) is 1. The van der Waals surface area contributed by atoms with Gasteiger partial charge in [0, 0.05) is 18.1 Å². The molecule has 3 aromatic heterocycles. The van der Waals surface area contributed by atoms with E-state index in [-0.39, 0.29) is 0 Å². The highest BCUT2D eigenvalue weighted by Crippen LogP contribution is 2.35. The molecular weight excluding hydrogens is 290 g/mol. The molecule has 0 amide bonds. The smallest absolute Gasteiger partial charge is 0.157 e. The molecule has 7 heteroatoms. The Morgan fingerprint density at radius 2 is 2.15 bits per heavy atom. The minimum Gasteiger partial charge on any atom is -0.399 e. The molecule has 0 radical (unpaired) electrons. The molecule has 98 valence electrons. The number of benzene rings is 1. The first-order valence-electron chi connectivity index (χ1n) is 5.92. The number of hydrogen-bond acceptors (Lipinski definition) is 6. The van der Waals surface area contributed by atoms with Crippen molar-refractivity contribution in [3.05, 3.63) is 42.9 Å². The largest absolute Gasteiger partial charge is 0.399 e. The maximum atomic E-state index is 5.79. The van der Waals surface area contributed by atoms with Gasteiger partial charge in [-0.05, 0) is 36.0 Å². The maximum absolute atomic E-state index is 5.79. The van der Waals surface area contributed by atoms with E-state index in [0.29, 0.717) is 0 Å². The van der Waals surface area contributed by atoms with E-state index >= 15 is 0 Å². The Labute approximate surface area is 122 Å². The zero-order valence-electron chi connectivity index (χ0n) is 10.2. The fraction of sp³-hybridized carbons (Fsp3) is 0. The zero-order valence-corrected chi connectivity index (χ0v) is 11.9. The molecule has 0 saturated heterocycles. The van der Waals surface area contributed by atoms with Crippen LogP contribution >= 0.6 is 23.1 Å². The van der Waals surface area contributed by atoms with Crippen molar-refractivity contribution in [2.24, 2.45) is 0 Å². The van der Waals surface area contributed by atoms with Crippen LogP contribution in [0.25, 0.3) is 15.7 Å². The number of nitrogens with zero attached hydrogens (tertiary/aromatic N) is 4. The van der Waals surface area contributed by atoms with Crippen LogP contribution in [0, 0.1) is 0 Å². The summed E-state index contributed by atoms with van der Waals surface area (Å²) >= 11 is 3.17. The molecule has 0 bridgehead atoms. The molecule has 2 N–H and O–H groups in total. The topological polar surface area (TPSA) is 69.1 Å². The summed E-state index contributed by atoms with van der Waals surface area (Å²) in [6.45, 7) is 0. The van der Waals surface area contributed by atoms with Gasteiger partial charge in [-0.15, -0.1) is 11.3 Å². The van der Waals surface area contributed by atoms with E-state index in [4.69, 9.17) is 5.73 Å². The normalized spacial score (nSPS) is 11.4. The summed E-state index contributed by atoms with van der Waals surface area (Å²) in [6, 6.07) is 7.70. The summed E-state index contributed by atoms with van der Waals surface area (Å²) in [6.07, 6.45) is 5.34. The van der Waals surface area contributed by atoms with Crippen LogP contribution in [0.15, 0.2) is 52.2 Å². The van der Waals surface area contributed by atoms with Gasteiger partial charge >= 0.3 is 0 Å². The highest BCUT2D eigenvalue weighted by Gasteiger charge is 2.10. The number of rotatable bonds is 2. The van der Waals surface area contributed by atoms with Crippen LogP contribution in [0.1, 0.15) is 0 Å². The van der Waals surface area contributed by atoms with Gasteiger partial charge in [0.25, 0.3) is 0 Å². The zero-order chi connectivity index (χ0) is 13.5. The second-order valence-corrected chi connectivity index (χ2v) is 6.47. The van der Waals surface area contributed by atoms with Crippen LogP contribution in [0.4, 0.5) is 5.69 Å². The van der Waals surface area contributed by atoms with Gasteiger partial charge in [0.05, 0.1) is 21.9 Å². The molecule has 0 aliphatic rings. The predicted molar refractivity (Wildman–Crippen MR) is 81.1 cm³/mol. The lowest BCUT2D eigenvalue weighted by molar-refractivity contribution is 0.917. The molecule has 0 fully saturated rings. The van der Waals surface area contributed by atoms with Gasteiger partial charge in [-0.1, -0.05) is 0 Å². The number of thiazole rings is 1. The highest BCUT2D eigenvalue weighted by molar-refractivity contribution is 8.01. The van der Waals surface area contributed by atoms with E-state index in [0.717, 1.165) is 30.8 Å². The van der Waals surface area contributed by atoms with Crippen molar-refractivity contribution in [2.45, 2.75) is 9.37 Å². The summed E-state index contributed by atoms with van der Waals surface area (Å²) < 4.78 is 3.85. The van der Waals surface area contributed by atoms with Crippen molar-refractivity contribution >= 4 is 44.5 Å². The van der Waals surface area contributed by atoms with Gasteiger partial charge in [-0.25, -0.2) is 14.5 Å². The Morgan fingerprint density at radius 1 is 1.20 bits per heavy atom. The molecule has 5 nitrogen and oxygen atoms in total. The second-order valence-electron chi connectivity index (χ2n) is 4.20. The van der Waals surface area contributed by atoms with E-state index in [1.807, 2.05) is 30.5 Å². The Balaban J connectivity index is 1.78. The van der Waals surface area contributed by atoms with Crippen molar-refractivity contribution in [1.29, 1.82) is 0 Å². The lowest BCUT2D eigenvalue weighted by atomic mass is 10.3. The fourth-order valence-electron chi connectivity index (χ4n) is 1.96. The van der Waals surface area contributed by atoms with Crippen LogP contribution in [-0.4, -0.2) is 19.6 Å². The number of anilines is 1. The van der Waals surface area contributed by atoms with E-state index in [1.165, 1.54) is 0 Å². The molecule has 1 aromatic carbocycles. The lowest BCUT2D eigenvalue weighted by Crippen LogP contribution is -1.89. The van der Waals surface area contributed by atoms with Gasteiger partial charge in [0.1, 0.15) is 5.03 Å². The van der Waals surface area contributed by atoms with Crippen LogP contribution in [0.3, 0.4) is 0 Å². The minimum atomic E-state index is 0.758. The van der Waals surface area contributed by atoms with E-state index in [1.54, 1.807) is 40.0 Å². The molecule has 0 unspecified atom stereocenters. The van der Waals surface area contributed by atoms with E-state index < -0.39 is 0 Å². The van der Waals surface area contributed by atoms with E-state index in [9.17, 15) is 0 Å². The lowest BCUT2D eigenvalue weighted by Gasteiger charge is -1.99. The third kappa shape index (κ3) is 1.91. The number of nitrogens with two attached hydrogens (primary N) is 1. The van der Waals surface area contributed by atoms with Crippen LogP contribution in [-0.2, 0) is 0 Å². The third-order valence-corrected chi connectivity index (χ3v) is 4.95. The Kier molecular flexibility index (Phi) is 2.61. The molecule has 4 rings (SSSR count). The first-order valence-corrected chi connectivity index (χ1v) is 7.55. The first kappa shape index (κ1) is 11.7. The Bertz CT molecular complexity index is 911. The number of nitrogen functional groups attached to an aromatic ring is 1. The molecule has 3 heterocycles. The predicted octanol–water partition coefficient (Wildman–Crippen LogP) is 3.07. The SMILES string of the molecule is Nc1ccc2nc(Sc3nccn4nccc34)sc2c1. The summed E-state index contributed by atoms with van der Waals surface area (Å²) in [5.74, 6) is 0. The average Bonchev–Trinajstić information content (AvgIpc) is 3.04. The van der Waals surface area contributed by atoms with Crippen molar-refractivity contribution in [2.75, 3.05) is 5.73 Å². The Morgan fingerprint density at radius 3 is 3.10 bits per heavy atom. The third-order valence-electron chi connectivity index (χ3n) is 2.87. The molecule has 0 aliphatic carbocycles. The van der Waals surface area contributed by atoms with Gasteiger partial charge in [-0.2, -0.15) is 5.10 Å². The first-order chi connectivity index (χ1) is 9.79. The van der Waals surface area contributed by atoms with Crippen LogP contribution in [0.5, 0.6) is 0 Å². The highest BCUT2D eigenvalue weighted by atomic mass is 32.2. The van der Waals surface area contributed by atoms with Crippen molar-refractivity contribution < 1.29 is 0 Å². The summed E-state index contributed by atoms with van der Waals surface area (Å²) in [5, 5.41) is 5.11. The van der Waals surface area contributed by atoms with Crippen molar-refractivity contribution in [3.63, 3.8) is 0 Å². The van der Waals surface area contributed by atoms with Gasteiger partial charge in [0.15, 0.2) is 4.34 Å². The summed E-state index contributed by atoms with van der Waals surface area (Å²) in [4.78, 5) is 9.00. The average molecular weight is 299 g/mol. The molecular formula is C13H9N5S2. The van der Waals surface area contributed by atoms with Gasteiger partial charge < -0.3 is 5.73 Å². The fourth-order valence-corrected chi connectivity index (χ4v) is 4.07. The molecule has 0 saturated carbocycles. The molecule has 0 atom stereocenters. The van der Waals surface area contributed by atoms with Crippen molar-refractivity contribution in [3.8, 4) is 0 Å². The molecule has 4 aromatic rings. The van der Waals surface area contributed by atoms with Crippen molar-refractivity contribution in [1.82, 2.24) is 19.6 Å². The number of fused-ring (bicyclic) bond motifs is 2.